The van der Waals surface area contributed by atoms with E-state index in [2.05, 4.69) is 5.32 Å². The highest BCUT2D eigenvalue weighted by Gasteiger charge is 2.10. The third-order valence-electron chi connectivity index (χ3n) is 2.74. The molecule has 2 aromatic carbocycles. The van der Waals surface area contributed by atoms with E-state index < -0.39 is 11.8 Å². The van der Waals surface area contributed by atoms with Gasteiger partial charge in [0.05, 0.1) is 10.7 Å². The maximum atomic E-state index is 13.6. The van der Waals surface area contributed by atoms with E-state index >= 15 is 0 Å². The number of carbonyl (C=O) groups is 1. The molecule has 0 bridgehead atoms. The van der Waals surface area contributed by atoms with Gasteiger partial charge < -0.3 is 15.2 Å². The lowest BCUT2D eigenvalue weighted by molar-refractivity contribution is 0.0692. The zero-order valence-corrected chi connectivity index (χ0v) is 11.7. The minimum atomic E-state index is -1.06. The lowest BCUT2D eigenvalue weighted by Gasteiger charge is -2.11. The van der Waals surface area contributed by atoms with Gasteiger partial charge in [0.2, 0.25) is 0 Å². The Labute approximate surface area is 126 Å². The van der Waals surface area contributed by atoms with Crippen molar-refractivity contribution in [2.45, 2.75) is 0 Å². The van der Waals surface area contributed by atoms with Gasteiger partial charge in [0.1, 0.15) is 17.9 Å². The Bertz CT molecular complexity index is 649. The van der Waals surface area contributed by atoms with Gasteiger partial charge in [0, 0.05) is 6.54 Å². The fraction of sp³-hybridized carbons (Fsp3) is 0.133. The highest BCUT2D eigenvalue weighted by molar-refractivity contribution is 6.31. The number of anilines is 1. The van der Waals surface area contributed by atoms with E-state index in [1.54, 1.807) is 30.3 Å². The summed E-state index contributed by atoms with van der Waals surface area (Å²) in [5.41, 5.74) is 0.365. The van der Waals surface area contributed by atoms with Crippen molar-refractivity contribution in [1.82, 2.24) is 0 Å². The van der Waals surface area contributed by atoms with E-state index in [-0.39, 0.29) is 28.6 Å². The molecule has 0 aromatic heterocycles. The Morgan fingerprint density at radius 1 is 1.24 bits per heavy atom. The first kappa shape index (κ1) is 15.1. The summed E-state index contributed by atoms with van der Waals surface area (Å²) in [5.74, 6) is -1.30. The van der Waals surface area contributed by atoms with E-state index in [9.17, 15) is 9.18 Å². The van der Waals surface area contributed by atoms with Crippen molar-refractivity contribution in [2.75, 3.05) is 18.5 Å². The maximum absolute atomic E-state index is 13.6. The van der Waals surface area contributed by atoms with Gasteiger partial charge in [-0.05, 0) is 24.3 Å². The molecule has 4 nitrogen and oxygen atoms in total. The van der Waals surface area contributed by atoms with Crippen LogP contribution in [0.2, 0.25) is 5.02 Å². The molecular formula is C15H13ClFNO3. The zero-order valence-electron chi connectivity index (χ0n) is 11.0. The molecule has 0 amide bonds. The van der Waals surface area contributed by atoms with Gasteiger partial charge in [-0.15, -0.1) is 0 Å². The smallest absolute Gasteiger partial charge is 0.339 e. The number of carboxylic acids is 1. The van der Waals surface area contributed by atoms with E-state index in [1.165, 1.54) is 12.1 Å². The second-order valence-electron chi connectivity index (χ2n) is 4.18. The summed E-state index contributed by atoms with van der Waals surface area (Å²) < 4.78 is 19.0. The van der Waals surface area contributed by atoms with Crippen LogP contribution in [-0.4, -0.2) is 24.2 Å². The molecule has 110 valence electrons. The number of hydrogen-bond donors (Lipinski definition) is 2. The average Bonchev–Trinajstić information content (AvgIpc) is 2.48. The van der Waals surface area contributed by atoms with E-state index in [0.29, 0.717) is 6.54 Å². The van der Waals surface area contributed by atoms with Crippen LogP contribution in [0, 0.1) is 5.82 Å². The number of ether oxygens (including phenoxy) is 1. The van der Waals surface area contributed by atoms with Crippen LogP contribution in [0.3, 0.4) is 0 Å². The zero-order chi connectivity index (χ0) is 15.2. The van der Waals surface area contributed by atoms with Gasteiger partial charge in [-0.2, -0.15) is 0 Å². The number of halogens is 2. The SMILES string of the molecule is O=C(O)c1ccccc1OCCNc1cccc(Cl)c1F. The summed E-state index contributed by atoms with van der Waals surface area (Å²) in [7, 11) is 0. The highest BCUT2D eigenvalue weighted by atomic mass is 35.5. The third kappa shape index (κ3) is 3.86. The van der Waals surface area contributed by atoms with Gasteiger partial charge in [-0.3, -0.25) is 0 Å². The van der Waals surface area contributed by atoms with Crippen LogP contribution in [0.4, 0.5) is 10.1 Å². The minimum absolute atomic E-state index is 0.0390. The third-order valence-corrected chi connectivity index (χ3v) is 3.04. The minimum Gasteiger partial charge on any atom is -0.491 e. The van der Waals surface area contributed by atoms with Gasteiger partial charge in [-0.25, -0.2) is 9.18 Å². The van der Waals surface area contributed by atoms with E-state index in [4.69, 9.17) is 21.4 Å². The largest absolute Gasteiger partial charge is 0.491 e. The molecule has 21 heavy (non-hydrogen) atoms. The highest BCUT2D eigenvalue weighted by Crippen LogP contribution is 2.22. The summed E-state index contributed by atoms with van der Waals surface area (Å²) in [5, 5.41) is 11.9. The Morgan fingerprint density at radius 2 is 2.00 bits per heavy atom. The van der Waals surface area contributed by atoms with Gasteiger partial charge >= 0.3 is 5.97 Å². The van der Waals surface area contributed by atoms with Crippen LogP contribution in [0.15, 0.2) is 42.5 Å². The molecule has 0 spiro atoms. The van der Waals surface area contributed by atoms with Gasteiger partial charge in [-0.1, -0.05) is 29.8 Å². The predicted octanol–water partition coefficient (Wildman–Crippen LogP) is 3.67. The van der Waals surface area contributed by atoms with Crippen molar-refractivity contribution in [1.29, 1.82) is 0 Å². The standard InChI is InChI=1S/C15H13ClFNO3/c16-11-5-3-6-12(14(11)17)18-8-9-21-13-7-2-1-4-10(13)15(19)20/h1-7,18H,8-9H2,(H,19,20). The molecule has 2 N–H and O–H groups in total. The lowest BCUT2D eigenvalue weighted by Crippen LogP contribution is -2.13. The van der Waals surface area contributed by atoms with Crippen LogP contribution in [0.25, 0.3) is 0 Å². The van der Waals surface area contributed by atoms with Crippen molar-refractivity contribution < 1.29 is 19.0 Å². The first-order valence-corrected chi connectivity index (χ1v) is 6.60. The number of aromatic carboxylic acids is 1. The summed E-state index contributed by atoms with van der Waals surface area (Å²) in [6.45, 7) is 0.501. The van der Waals surface area contributed by atoms with E-state index in [0.717, 1.165) is 0 Å². The summed E-state index contributed by atoms with van der Waals surface area (Å²) in [6, 6.07) is 11.0. The molecule has 6 heteroatoms. The molecule has 2 aromatic rings. The van der Waals surface area contributed by atoms with Crippen molar-refractivity contribution >= 4 is 23.3 Å². The second-order valence-corrected chi connectivity index (χ2v) is 4.59. The molecule has 0 fully saturated rings. The first-order valence-electron chi connectivity index (χ1n) is 6.22. The monoisotopic (exact) mass is 309 g/mol. The number of para-hydroxylation sites is 1. The Kier molecular flexibility index (Phi) is 5.00. The topological polar surface area (TPSA) is 58.6 Å². The number of nitrogens with one attached hydrogen (secondary N) is 1. The average molecular weight is 310 g/mol. The molecule has 0 aliphatic heterocycles. The van der Waals surface area contributed by atoms with Crippen LogP contribution in [0.1, 0.15) is 10.4 Å². The summed E-state index contributed by atoms with van der Waals surface area (Å²) >= 11 is 5.67. The Hall–Kier alpha value is -2.27. The number of benzene rings is 2. The molecule has 0 heterocycles. The van der Waals surface area contributed by atoms with Crippen molar-refractivity contribution in [3.05, 3.63) is 58.9 Å². The fourth-order valence-electron chi connectivity index (χ4n) is 1.76. The fourth-order valence-corrected chi connectivity index (χ4v) is 1.93. The lowest BCUT2D eigenvalue weighted by atomic mass is 10.2. The van der Waals surface area contributed by atoms with Crippen LogP contribution in [0.5, 0.6) is 5.75 Å². The summed E-state index contributed by atoms with van der Waals surface area (Å²) in [6.07, 6.45) is 0. The van der Waals surface area contributed by atoms with Gasteiger partial charge in [0.25, 0.3) is 0 Å². The predicted molar refractivity (Wildman–Crippen MR) is 78.8 cm³/mol. The quantitative estimate of drug-likeness (QED) is 0.799. The molecule has 0 atom stereocenters. The molecule has 0 saturated carbocycles. The second kappa shape index (κ2) is 6.95. The first-order chi connectivity index (χ1) is 10.1. The molecular weight excluding hydrogens is 297 g/mol. The molecule has 0 aliphatic carbocycles. The van der Waals surface area contributed by atoms with Crippen LogP contribution >= 0.6 is 11.6 Å². The Balaban J connectivity index is 1.91. The molecule has 0 aliphatic rings. The number of carboxylic acid groups (broad SMARTS) is 1. The number of hydrogen-bond acceptors (Lipinski definition) is 3. The summed E-state index contributed by atoms with van der Waals surface area (Å²) in [4.78, 5) is 11.0. The van der Waals surface area contributed by atoms with Crippen LogP contribution < -0.4 is 10.1 Å². The molecule has 0 unspecified atom stereocenters. The van der Waals surface area contributed by atoms with Crippen molar-refractivity contribution in [3.8, 4) is 5.75 Å². The van der Waals surface area contributed by atoms with Crippen molar-refractivity contribution in [3.63, 3.8) is 0 Å². The van der Waals surface area contributed by atoms with Gasteiger partial charge in [0.15, 0.2) is 5.82 Å². The van der Waals surface area contributed by atoms with Crippen LogP contribution in [-0.2, 0) is 0 Å². The maximum Gasteiger partial charge on any atom is 0.339 e. The number of rotatable bonds is 6. The normalized spacial score (nSPS) is 10.2. The Morgan fingerprint density at radius 3 is 2.76 bits per heavy atom. The molecule has 0 radical (unpaired) electrons. The van der Waals surface area contributed by atoms with Crippen molar-refractivity contribution in [2.24, 2.45) is 0 Å². The van der Waals surface area contributed by atoms with E-state index in [1.807, 2.05) is 0 Å². The molecule has 2 rings (SSSR count). The molecule has 0 saturated heterocycles.